The molecular weight excluding hydrogens is 250 g/mol. The first-order valence-corrected chi connectivity index (χ1v) is 6.56. The number of rotatable bonds is 4. The number of carbonyl (C=O) groups excluding carboxylic acids is 1. The van der Waals surface area contributed by atoms with Crippen LogP contribution >= 0.6 is 11.3 Å². The second-order valence-electron chi connectivity index (χ2n) is 4.28. The van der Waals surface area contributed by atoms with E-state index in [1.54, 1.807) is 23.3 Å². The van der Waals surface area contributed by atoms with Crippen molar-refractivity contribution in [3.8, 4) is 0 Å². The summed E-state index contributed by atoms with van der Waals surface area (Å²) >= 11 is 1.71. The van der Waals surface area contributed by atoms with Crippen LogP contribution in [0.25, 0.3) is 0 Å². The van der Waals surface area contributed by atoms with Crippen molar-refractivity contribution in [1.82, 2.24) is 4.90 Å². The van der Waals surface area contributed by atoms with E-state index in [4.69, 9.17) is 10.5 Å². The Balaban J connectivity index is 2.31. The van der Waals surface area contributed by atoms with E-state index in [1.165, 1.54) is 9.75 Å². The van der Waals surface area contributed by atoms with Crippen molar-refractivity contribution in [2.45, 2.75) is 19.9 Å². The molecule has 0 radical (unpaired) electrons. The SMILES string of the molecule is COCCN1C(=O)N=C(N)C1c1cc(C)sc1C. The van der Waals surface area contributed by atoms with E-state index < -0.39 is 0 Å². The molecule has 0 aliphatic carbocycles. The van der Waals surface area contributed by atoms with Crippen LogP contribution in [0.15, 0.2) is 11.1 Å². The first kappa shape index (κ1) is 13.0. The van der Waals surface area contributed by atoms with Crippen molar-refractivity contribution >= 4 is 23.2 Å². The largest absolute Gasteiger partial charge is 0.385 e. The smallest absolute Gasteiger partial charge is 0.346 e. The lowest BCUT2D eigenvalue weighted by atomic mass is 10.1. The highest BCUT2D eigenvalue weighted by Crippen LogP contribution is 2.33. The molecule has 0 saturated heterocycles. The molecule has 5 nitrogen and oxygen atoms in total. The molecule has 2 rings (SSSR count). The second kappa shape index (κ2) is 5.07. The highest BCUT2D eigenvalue weighted by molar-refractivity contribution is 7.12. The Morgan fingerprint density at radius 2 is 2.28 bits per heavy atom. The molecule has 0 bridgehead atoms. The molecule has 1 aliphatic heterocycles. The van der Waals surface area contributed by atoms with Crippen LogP contribution in [-0.2, 0) is 4.74 Å². The number of thiophene rings is 1. The minimum absolute atomic E-state index is 0.238. The number of hydrogen-bond acceptors (Lipinski definition) is 4. The summed E-state index contributed by atoms with van der Waals surface area (Å²) in [4.78, 5) is 19.7. The summed E-state index contributed by atoms with van der Waals surface area (Å²) in [5.41, 5.74) is 6.96. The molecule has 2 N–H and O–H groups in total. The Kier molecular flexibility index (Phi) is 3.68. The van der Waals surface area contributed by atoms with Crippen LogP contribution in [-0.4, -0.2) is 37.0 Å². The van der Waals surface area contributed by atoms with Gasteiger partial charge in [0.05, 0.1) is 6.61 Å². The summed E-state index contributed by atoms with van der Waals surface area (Å²) < 4.78 is 5.02. The van der Waals surface area contributed by atoms with Gasteiger partial charge < -0.3 is 15.4 Å². The molecular formula is C12H17N3O2S. The normalized spacial score (nSPS) is 19.5. The zero-order valence-corrected chi connectivity index (χ0v) is 11.6. The minimum atomic E-state index is -0.280. The van der Waals surface area contributed by atoms with Gasteiger partial charge in [0.2, 0.25) is 0 Å². The van der Waals surface area contributed by atoms with E-state index in [9.17, 15) is 4.79 Å². The number of ether oxygens (including phenoxy) is 1. The van der Waals surface area contributed by atoms with E-state index in [1.807, 2.05) is 13.8 Å². The predicted octanol–water partition coefficient (Wildman–Crippen LogP) is 1.85. The molecule has 0 spiro atoms. The highest BCUT2D eigenvalue weighted by Gasteiger charge is 2.35. The Morgan fingerprint density at radius 3 is 2.83 bits per heavy atom. The van der Waals surface area contributed by atoms with Crippen LogP contribution in [0.4, 0.5) is 4.79 Å². The van der Waals surface area contributed by atoms with Crippen LogP contribution in [0.3, 0.4) is 0 Å². The molecule has 6 heteroatoms. The minimum Gasteiger partial charge on any atom is -0.385 e. The fourth-order valence-corrected chi connectivity index (χ4v) is 3.13. The molecule has 2 heterocycles. The molecule has 0 aromatic carbocycles. The number of nitrogens with two attached hydrogens (primary N) is 1. The first-order valence-electron chi connectivity index (χ1n) is 5.75. The number of methoxy groups -OCH3 is 1. The van der Waals surface area contributed by atoms with Gasteiger partial charge in [0.25, 0.3) is 0 Å². The molecule has 0 saturated carbocycles. The summed E-state index contributed by atoms with van der Waals surface area (Å²) in [5, 5.41) is 0. The van der Waals surface area contributed by atoms with Crippen molar-refractivity contribution in [3.05, 3.63) is 21.4 Å². The van der Waals surface area contributed by atoms with Gasteiger partial charge >= 0.3 is 6.03 Å². The van der Waals surface area contributed by atoms with Gasteiger partial charge in [-0.15, -0.1) is 11.3 Å². The standard InChI is InChI=1S/C12H17N3O2S/c1-7-6-9(8(2)18-7)10-11(13)14-12(16)15(10)4-5-17-3/h6,10H,4-5H2,1-3H3,(H2,13,14,16). The fraction of sp³-hybridized carbons (Fsp3) is 0.500. The zero-order valence-electron chi connectivity index (χ0n) is 10.8. The lowest BCUT2D eigenvalue weighted by Crippen LogP contribution is -2.35. The van der Waals surface area contributed by atoms with Crippen molar-refractivity contribution in [3.63, 3.8) is 0 Å². The molecule has 0 fully saturated rings. The summed E-state index contributed by atoms with van der Waals surface area (Å²) in [5.74, 6) is 0.372. The molecule has 98 valence electrons. The lowest BCUT2D eigenvalue weighted by molar-refractivity contribution is 0.150. The van der Waals surface area contributed by atoms with Gasteiger partial charge in [0.1, 0.15) is 11.9 Å². The summed E-state index contributed by atoms with van der Waals surface area (Å²) in [7, 11) is 1.61. The van der Waals surface area contributed by atoms with Gasteiger partial charge in [0.15, 0.2) is 0 Å². The average molecular weight is 267 g/mol. The number of aryl methyl sites for hydroxylation is 2. The van der Waals surface area contributed by atoms with Gasteiger partial charge in [-0.1, -0.05) is 0 Å². The number of carbonyl (C=O) groups is 1. The van der Waals surface area contributed by atoms with E-state index in [2.05, 4.69) is 11.1 Å². The van der Waals surface area contributed by atoms with Gasteiger partial charge in [-0.05, 0) is 25.5 Å². The van der Waals surface area contributed by atoms with Crippen molar-refractivity contribution < 1.29 is 9.53 Å². The maximum absolute atomic E-state index is 11.8. The van der Waals surface area contributed by atoms with Crippen molar-refractivity contribution in [2.75, 3.05) is 20.3 Å². The maximum Gasteiger partial charge on any atom is 0.346 e. The summed E-state index contributed by atoms with van der Waals surface area (Å²) in [6.07, 6.45) is 0. The van der Waals surface area contributed by atoms with Crippen LogP contribution in [0.5, 0.6) is 0 Å². The van der Waals surface area contributed by atoms with Crippen LogP contribution in [0.2, 0.25) is 0 Å². The number of urea groups is 1. The number of amides is 2. The van der Waals surface area contributed by atoms with Gasteiger partial charge in [0, 0.05) is 23.4 Å². The first-order chi connectivity index (χ1) is 8.54. The third-order valence-corrected chi connectivity index (χ3v) is 3.95. The van der Waals surface area contributed by atoms with Gasteiger partial charge in [-0.2, -0.15) is 4.99 Å². The molecule has 1 unspecified atom stereocenters. The van der Waals surface area contributed by atoms with Crippen LogP contribution in [0, 0.1) is 13.8 Å². The predicted molar refractivity (Wildman–Crippen MR) is 72.1 cm³/mol. The van der Waals surface area contributed by atoms with E-state index in [0.717, 1.165) is 5.56 Å². The third-order valence-electron chi connectivity index (χ3n) is 2.97. The summed E-state index contributed by atoms with van der Waals surface area (Å²) in [6.45, 7) is 5.06. The highest BCUT2D eigenvalue weighted by atomic mass is 32.1. The molecule has 18 heavy (non-hydrogen) atoms. The van der Waals surface area contributed by atoms with Crippen molar-refractivity contribution in [2.24, 2.45) is 10.7 Å². The second-order valence-corrected chi connectivity index (χ2v) is 5.74. The van der Waals surface area contributed by atoms with Crippen LogP contribution < -0.4 is 5.73 Å². The Morgan fingerprint density at radius 1 is 1.56 bits per heavy atom. The Labute approximate surface area is 110 Å². The quantitative estimate of drug-likeness (QED) is 0.905. The number of aliphatic imine (C=N–C) groups is 1. The third kappa shape index (κ3) is 2.26. The van der Waals surface area contributed by atoms with E-state index in [-0.39, 0.29) is 12.1 Å². The average Bonchev–Trinajstić information content (AvgIpc) is 2.75. The molecule has 1 aliphatic rings. The van der Waals surface area contributed by atoms with Gasteiger partial charge in [-0.25, -0.2) is 4.79 Å². The molecule has 1 aromatic rings. The fourth-order valence-electron chi connectivity index (χ4n) is 2.17. The molecule has 1 atom stereocenters. The van der Waals surface area contributed by atoms with E-state index in [0.29, 0.717) is 19.0 Å². The monoisotopic (exact) mass is 267 g/mol. The zero-order chi connectivity index (χ0) is 13.3. The molecule has 1 aromatic heterocycles. The summed E-state index contributed by atoms with van der Waals surface area (Å²) in [6, 6.07) is 1.56. The number of hydrogen-bond donors (Lipinski definition) is 1. The number of amidine groups is 1. The lowest BCUT2D eigenvalue weighted by Gasteiger charge is -2.23. The van der Waals surface area contributed by atoms with E-state index >= 15 is 0 Å². The van der Waals surface area contributed by atoms with Crippen LogP contribution in [0.1, 0.15) is 21.4 Å². The Bertz CT molecular complexity index is 496. The topological polar surface area (TPSA) is 67.9 Å². The number of nitrogens with zero attached hydrogens (tertiary/aromatic N) is 2. The van der Waals surface area contributed by atoms with Gasteiger partial charge in [-0.3, -0.25) is 0 Å². The maximum atomic E-state index is 11.8. The molecule has 2 amide bonds. The van der Waals surface area contributed by atoms with Crippen molar-refractivity contribution in [1.29, 1.82) is 0 Å². The Hall–Kier alpha value is -1.40.